The smallest absolute Gasteiger partial charge is 0.227 e. The van der Waals surface area contributed by atoms with Crippen LogP contribution in [0.15, 0.2) is 0 Å². The fourth-order valence-corrected chi connectivity index (χ4v) is 2.44. The summed E-state index contributed by atoms with van der Waals surface area (Å²) < 4.78 is 0. The van der Waals surface area contributed by atoms with E-state index in [0.29, 0.717) is 12.5 Å². The number of thioether (sulfide) groups is 1. The first-order valence-electron chi connectivity index (χ1n) is 6.03. The van der Waals surface area contributed by atoms with Crippen molar-refractivity contribution in [3.8, 4) is 0 Å². The SMILES string of the molecule is CCC(CC)(CN)C(=O)NCC(C)CSC. The molecular weight excluding hydrogens is 220 g/mol. The van der Waals surface area contributed by atoms with E-state index in [2.05, 4.69) is 18.5 Å². The summed E-state index contributed by atoms with van der Waals surface area (Å²) in [6.07, 6.45) is 3.70. The molecule has 0 heterocycles. The summed E-state index contributed by atoms with van der Waals surface area (Å²) in [6.45, 7) is 7.39. The molecule has 96 valence electrons. The molecule has 4 heteroatoms. The van der Waals surface area contributed by atoms with Gasteiger partial charge in [-0.3, -0.25) is 4.79 Å². The summed E-state index contributed by atoms with van der Waals surface area (Å²) in [5.74, 6) is 1.71. The van der Waals surface area contributed by atoms with Crippen molar-refractivity contribution in [3.05, 3.63) is 0 Å². The second-order valence-electron chi connectivity index (χ2n) is 4.46. The zero-order valence-corrected chi connectivity index (χ0v) is 11.8. The normalized spacial score (nSPS) is 13.6. The van der Waals surface area contributed by atoms with Crippen molar-refractivity contribution in [3.63, 3.8) is 0 Å². The van der Waals surface area contributed by atoms with Crippen LogP contribution in [0.3, 0.4) is 0 Å². The molecule has 0 radical (unpaired) electrons. The second-order valence-corrected chi connectivity index (χ2v) is 5.37. The monoisotopic (exact) mass is 246 g/mol. The molecule has 3 nitrogen and oxygen atoms in total. The third-order valence-electron chi connectivity index (χ3n) is 3.29. The summed E-state index contributed by atoms with van der Waals surface area (Å²) in [4.78, 5) is 12.1. The average molecular weight is 246 g/mol. The number of hydrogen-bond acceptors (Lipinski definition) is 3. The van der Waals surface area contributed by atoms with E-state index in [9.17, 15) is 4.79 Å². The van der Waals surface area contributed by atoms with Crippen molar-refractivity contribution in [2.75, 3.05) is 25.1 Å². The van der Waals surface area contributed by atoms with Gasteiger partial charge < -0.3 is 11.1 Å². The van der Waals surface area contributed by atoms with Crippen LogP contribution in [0.2, 0.25) is 0 Å². The van der Waals surface area contributed by atoms with Gasteiger partial charge in [0.05, 0.1) is 5.41 Å². The Morgan fingerprint density at radius 3 is 2.38 bits per heavy atom. The molecule has 16 heavy (non-hydrogen) atoms. The van der Waals surface area contributed by atoms with E-state index in [1.165, 1.54) is 0 Å². The minimum atomic E-state index is -0.362. The lowest BCUT2D eigenvalue weighted by Crippen LogP contribution is -2.46. The molecule has 1 unspecified atom stereocenters. The first-order chi connectivity index (χ1) is 7.56. The molecule has 0 aliphatic rings. The van der Waals surface area contributed by atoms with Gasteiger partial charge in [0.25, 0.3) is 0 Å². The number of nitrogens with two attached hydrogens (primary N) is 1. The number of nitrogens with one attached hydrogen (secondary N) is 1. The van der Waals surface area contributed by atoms with Gasteiger partial charge >= 0.3 is 0 Å². The third-order valence-corrected chi connectivity index (χ3v) is 4.19. The Balaban J connectivity index is 4.21. The molecule has 0 aromatic carbocycles. The Hall–Kier alpha value is -0.220. The Morgan fingerprint density at radius 2 is 2.00 bits per heavy atom. The molecule has 0 saturated heterocycles. The number of carbonyl (C=O) groups is 1. The van der Waals surface area contributed by atoms with E-state index >= 15 is 0 Å². The van der Waals surface area contributed by atoms with Crippen LogP contribution in [-0.4, -0.2) is 31.0 Å². The topological polar surface area (TPSA) is 55.1 Å². The van der Waals surface area contributed by atoms with Gasteiger partial charge in [0.1, 0.15) is 0 Å². The molecule has 0 aliphatic heterocycles. The number of rotatable bonds is 8. The number of amides is 1. The minimum Gasteiger partial charge on any atom is -0.355 e. The van der Waals surface area contributed by atoms with E-state index in [0.717, 1.165) is 25.1 Å². The summed E-state index contributed by atoms with van der Waals surface area (Å²) in [6, 6.07) is 0. The predicted octanol–water partition coefficient (Wildman–Crippen LogP) is 1.87. The highest BCUT2D eigenvalue weighted by Crippen LogP contribution is 2.24. The Kier molecular flexibility index (Phi) is 7.85. The lowest BCUT2D eigenvalue weighted by molar-refractivity contribution is -0.131. The molecule has 0 saturated carbocycles. The molecule has 0 spiro atoms. The summed E-state index contributed by atoms with van der Waals surface area (Å²) in [7, 11) is 0. The fraction of sp³-hybridized carbons (Fsp3) is 0.917. The van der Waals surface area contributed by atoms with Crippen LogP contribution < -0.4 is 11.1 Å². The Labute approximate surface area is 104 Å². The van der Waals surface area contributed by atoms with Gasteiger partial charge in [-0.2, -0.15) is 11.8 Å². The quantitative estimate of drug-likeness (QED) is 0.687. The second kappa shape index (κ2) is 7.96. The van der Waals surface area contributed by atoms with E-state index in [1.54, 1.807) is 0 Å². The lowest BCUT2D eigenvalue weighted by Gasteiger charge is -2.29. The number of hydrogen-bond donors (Lipinski definition) is 2. The molecule has 0 rings (SSSR count). The van der Waals surface area contributed by atoms with Crippen molar-refractivity contribution in [2.24, 2.45) is 17.1 Å². The highest BCUT2D eigenvalue weighted by Gasteiger charge is 2.33. The maximum atomic E-state index is 12.1. The van der Waals surface area contributed by atoms with Crippen molar-refractivity contribution >= 4 is 17.7 Å². The molecule has 0 aromatic rings. The first kappa shape index (κ1) is 15.8. The van der Waals surface area contributed by atoms with E-state index in [4.69, 9.17) is 5.73 Å². The van der Waals surface area contributed by atoms with Gasteiger partial charge in [-0.05, 0) is 30.8 Å². The van der Waals surface area contributed by atoms with Crippen molar-refractivity contribution in [1.29, 1.82) is 0 Å². The molecule has 0 bridgehead atoms. The van der Waals surface area contributed by atoms with Gasteiger partial charge in [-0.25, -0.2) is 0 Å². The molecular formula is C12H26N2OS. The van der Waals surface area contributed by atoms with Crippen LogP contribution >= 0.6 is 11.8 Å². The zero-order valence-electron chi connectivity index (χ0n) is 11.0. The highest BCUT2D eigenvalue weighted by atomic mass is 32.2. The average Bonchev–Trinajstić information content (AvgIpc) is 2.30. The van der Waals surface area contributed by atoms with Gasteiger partial charge in [0.2, 0.25) is 5.91 Å². The fourth-order valence-electron chi connectivity index (χ4n) is 1.75. The predicted molar refractivity (Wildman–Crippen MR) is 72.6 cm³/mol. The van der Waals surface area contributed by atoms with Crippen LogP contribution in [-0.2, 0) is 4.79 Å². The minimum absolute atomic E-state index is 0.118. The maximum Gasteiger partial charge on any atom is 0.227 e. The lowest BCUT2D eigenvalue weighted by atomic mass is 9.81. The molecule has 1 amide bonds. The zero-order chi connectivity index (χ0) is 12.6. The largest absolute Gasteiger partial charge is 0.355 e. The molecule has 1 atom stereocenters. The Bertz CT molecular complexity index is 197. The van der Waals surface area contributed by atoms with Crippen LogP contribution in [0, 0.1) is 11.3 Å². The van der Waals surface area contributed by atoms with Gasteiger partial charge in [-0.1, -0.05) is 20.8 Å². The summed E-state index contributed by atoms with van der Waals surface area (Å²) in [5.41, 5.74) is 5.37. The van der Waals surface area contributed by atoms with Gasteiger partial charge in [0, 0.05) is 13.1 Å². The summed E-state index contributed by atoms with van der Waals surface area (Å²) in [5, 5.41) is 3.03. The standard InChI is InChI=1S/C12H26N2OS/c1-5-12(6-2,9-13)11(15)14-7-10(3)8-16-4/h10H,5-9,13H2,1-4H3,(H,14,15). The van der Waals surface area contributed by atoms with E-state index in [1.807, 2.05) is 25.6 Å². The summed E-state index contributed by atoms with van der Waals surface area (Å²) >= 11 is 1.81. The molecule has 0 aromatic heterocycles. The van der Waals surface area contributed by atoms with Crippen LogP contribution in [0.4, 0.5) is 0 Å². The maximum absolute atomic E-state index is 12.1. The molecule has 3 N–H and O–H groups in total. The van der Waals surface area contributed by atoms with Crippen LogP contribution in [0.25, 0.3) is 0 Å². The Morgan fingerprint density at radius 1 is 1.44 bits per heavy atom. The highest BCUT2D eigenvalue weighted by molar-refractivity contribution is 7.98. The van der Waals surface area contributed by atoms with E-state index in [-0.39, 0.29) is 11.3 Å². The van der Waals surface area contributed by atoms with Crippen molar-refractivity contribution in [2.45, 2.75) is 33.6 Å². The molecule has 0 aliphatic carbocycles. The van der Waals surface area contributed by atoms with Gasteiger partial charge in [0.15, 0.2) is 0 Å². The van der Waals surface area contributed by atoms with Crippen LogP contribution in [0.5, 0.6) is 0 Å². The van der Waals surface area contributed by atoms with E-state index < -0.39 is 0 Å². The van der Waals surface area contributed by atoms with Gasteiger partial charge in [-0.15, -0.1) is 0 Å². The third kappa shape index (κ3) is 4.34. The van der Waals surface area contributed by atoms with Crippen molar-refractivity contribution in [1.82, 2.24) is 5.32 Å². The molecule has 0 fully saturated rings. The number of carbonyl (C=O) groups excluding carboxylic acids is 1. The van der Waals surface area contributed by atoms with Crippen molar-refractivity contribution < 1.29 is 4.79 Å². The first-order valence-corrected chi connectivity index (χ1v) is 7.43. The van der Waals surface area contributed by atoms with Crippen LogP contribution in [0.1, 0.15) is 33.6 Å².